The molecule has 1 N–H and O–H groups in total. The van der Waals surface area contributed by atoms with E-state index >= 15 is 0 Å². The minimum absolute atomic E-state index is 0.0661. The fraction of sp³-hybridized carbons (Fsp3) is 0.280. The summed E-state index contributed by atoms with van der Waals surface area (Å²) in [5, 5.41) is 3.06. The van der Waals surface area contributed by atoms with Gasteiger partial charge in [-0.05, 0) is 67.5 Å². The van der Waals surface area contributed by atoms with E-state index in [-0.39, 0.29) is 11.8 Å². The number of pyridine rings is 1. The predicted molar refractivity (Wildman–Crippen MR) is 121 cm³/mol. The summed E-state index contributed by atoms with van der Waals surface area (Å²) in [6.45, 7) is 1.67. The Balaban J connectivity index is 1.52. The molecule has 1 aliphatic rings. The van der Waals surface area contributed by atoms with Crippen LogP contribution in [0.2, 0.25) is 0 Å². The first kappa shape index (κ1) is 20.9. The van der Waals surface area contributed by atoms with Crippen LogP contribution in [0.3, 0.4) is 0 Å². The molecule has 1 unspecified atom stereocenters. The first-order valence-corrected chi connectivity index (χ1v) is 10.4. The van der Waals surface area contributed by atoms with Crippen LogP contribution >= 0.6 is 0 Å². The van der Waals surface area contributed by atoms with Gasteiger partial charge in [0.25, 0.3) is 0 Å². The van der Waals surface area contributed by atoms with Gasteiger partial charge in [-0.3, -0.25) is 9.78 Å². The van der Waals surface area contributed by atoms with E-state index in [1.807, 2.05) is 68.7 Å². The lowest BCUT2D eigenvalue weighted by Gasteiger charge is -2.25. The molecule has 160 valence electrons. The molecule has 1 aromatic heterocycles. The summed E-state index contributed by atoms with van der Waals surface area (Å²) in [4.78, 5) is 19.1. The molecular formula is C25H27N3O3. The molecule has 0 saturated heterocycles. The first-order valence-electron chi connectivity index (χ1n) is 10.4. The molecule has 0 saturated carbocycles. The van der Waals surface area contributed by atoms with E-state index in [4.69, 9.17) is 9.47 Å². The molecule has 0 aliphatic carbocycles. The zero-order valence-electron chi connectivity index (χ0n) is 17.9. The van der Waals surface area contributed by atoms with Crippen LogP contribution in [0.15, 0.2) is 67.0 Å². The SMILES string of the molecule is CN(C)CCOc1cc(-c2ccncc2)ccc1NC(=O)C1COc2ccccc2C1. The molecule has 6 heteroatoms. The van der Waals surface area contributed by atoms with Crippen LogP contribution in [0, 0.1) is 5.92 Å². The van der Waals surface area contributed by atoms with Crippen molar-refractivity contribution in [3.05, 3.63) is 72.6 Å². The number of hydrogen-bond donors (Lipinski definition) is 1. The van der Waals surface area contributed by atoms with Crippen molar-refractivity contribution in [2.45, 2.75) is 6.42 Å². The van der Waals surface area contributed by atoms with Crippen LogP contribution in [0.1, 0.15) is 5.56 Å². The number of rotatable bonds is 7. The fourth-order valence-corrected chi connectivity index (χ4v) is 3.54. The molecule has 4 rings (SSSR count). The smallest absolute Gasteiger partial charge is 0.231 e. The summed E-state index contributed by atoms with van der Waals surface area (Å²) >= 11 is 0. The zero-order valence-corrected chi connectivity index (χ0v) is 17.9. The lowest BCUT2D eigenvalue weighted by molar-refractivity contribution is -0.121. The number of carbonyl (C=O) groups is 1. The topological polar surface area (TPSA) is 63.7 Å². The Hall–Kier alpha value is -3.38. The molecule has 2 heterocycles. The number of carbonyl (C=O) groups excluding carboxylic acids is 1. The Morgan fingerprint density at radius 2 is 1.94 bits per heavy atom. The minimum atomic E-state index is -0.246. The van der Waals surface area contributed by atoms with Crippen molar-refractivity contribution in [1.82, 2.24) is 9.88 Å². The van der Waals surface area contributed by atoms with Crippen molar-refractivity contribution in [3.63, 3.8) is 0 Å². The van der Waals surface area contributed by atoms with Crippen molar-refractivity contribution in [1.29, 1.82) is 0 Å². The van der Waals surface area contributed by atoms with Crippen LogP contribution in [-0.4, -0.2) is 49.6 Å². The Morgan fingerprint density at radius 1 is 1.13 bits per heavy atom. The highest BCUT2D eigenvalue weighted by atomic mass is 16.5. The number of aromatic nitrogens is 1. The zero-order chi connectivity index (χ0) is 21.6. The molecular weight excluding hydrogens is 390 g/mol. The van der Waals surface area contributed by atoms with Crippen LogP contribution in [-0.2, 0) is 11.2 Å². The van der Waals surface area contributed by atoms with Crippen molar-refractivity contribution >= 4 is 11.6 Å². The third kappa shape index (κ3) is 5.22. The Kier molecular flexibility index (Phi) is 6.48. The lowest BCUT2D eigenvalue weighted by Crippen LogP contribution is -2.32. The molecule has 0 bridgehead atoms. The molecule has 3 aromatic rings. The van der Waals surface area contributed by atoms with Gasteiger partial charge in [0.15, 0.2) is 0 Å². The third-order valence-electron chi connectivity index (χ3n) is 5.30. The molecule has 6 nitrogen and oxygen atoms in total. The standard InChI is InChI=1S/C25H27N3O3/c1-28(2)13-14-30-24-16-19(18-9-11-26-12-10-18)7-8-22(24)27-25(29)21-15-20-5-3-4-6-23(20)31-17-21/h3-12,16,21H,13-15,17H2,1-2H3,(H,27,29). The fourth-order valence-electron chi connectivity index (χ4n) is 3.54. The highest BCUT2D eigenvalue weighted by Gasteiger charge is 2.26. The number of nitrogens with one attached hydrogen (secondary N) is 1. The van der Waals surface area contributed by atoms with E-state index in [1.165, 1.54) is 0 Å². The minimum Gasteiger partial charge on any atom is -0.492 e. The van der Waals surface area contributed by atoms with Gasteiger partial charge in [0.05, 0.1) is 11.6 Å². The summed E-state index contributed by atoms with van der Waals surface area (Å²) in [6.07, 6.45) is 4.19. The number of amides is 1. The monoisotopic (exact) mass is 417 g/mol. The third-order valence-corrected chi connectivity index (χ3v) is 5.30. The number of fused-ring (bicyclic) bond motifs is 1. The van der Waals surface area contributed by atoms with Gasteiger partial charge in [0.1, 0.15) is 24.7 Å². The maximum Gasteiger partial charge on any atom is 0.231 e. The van der Waals surface area contributed by atoms with Gasteiger partial charge in [-0.2, -0.15) is 0 Å². The maximum atomic E-state index is 13.0. The normalized spacial score (nSPS) is 15.1. The summed E-state index contributed by atoms with van der Waals surface area (Å²) in [6, 6.07) is 17.6. The van der Waals surface area contributed by atoms with Gasteiger partial charge in [0, 0.05) is 18.9 Å². The van der Waals surface area contributed by atoms with Crippen LogP contribution in [0.4, 0.5) is 5.69 Å². The van der Waals surface area contributed by atoms with E-state index in [0.717, 1.165) is 29.0 Å². The second-order valence-electron chi connectivity index (χ2n) is 7.91. The molecule has 0 spiro atoms. The van der Waals surface area contributed by atoms with Crippen molar-refractivity contribution in [3.8, 4) is 22.6 Å². The van der Waals surface area contributed by atoms with E-state index < -0.39 is 0 Å². The van der Waals surface area contributed by atoms with E-state index in [1.54, 1.807) is 12.4 Å². The highest BCUT2D eigenvalue weighted by molar-refractivity contribution is 5.95. The predicted octanol–water partition coefficient (Wildman–Crippen LogP) is 3.88. The quantitative estimate of drug-likeness (QED) is 0.632. The second kappa shape index (κ2) is 9.62. The number of para-hydroxylation sites is 1. The van der Waals surface area contributed by atoms with Gasteiger partial charge in [-0.1, -0.05) is 24.3 Å². The summed E-state index contributed by atoms with van der Waals surface area (Å²) in [5.41, 5.74) is 3.78. The Morgan fingerprint density at radius 3 is 2.74 bits per heavy atom. The van der Waals surface area contributed by atoms with Crippen molar-refractivity contribution in [2.75, 3.05) is 39.2 Å². The van der Waals surface area contributed by atoms with E-state index in [2.05, 4.69) is 15.2 Å². The lowest BCUT2D eigenvalue weighted by atomic mass is 9.96. The van der Waals surface area contributed by atoms with Gasteiger partial charge < -0.3 is 19.7 Å². The maximum absolute atomic E-state index is 13.0. The molecule has 0 radical (unpaired) electrons. The largest absolute Gasteiger partial charge is 0.492 e. The summed E-state index contributed by atoms with van der Waals surface area (Å²) < 4.78 is 11.8. The Labute approximate surface area is 182 Å². The summed E-state index contributed by atoms with van der Waals surface area (Å²) in [7, 11) is 4.00. The van der Waals surface area contributed by atoms with Gasteiger partial charge in [-0.25, -0.2) is 0 Å². The number of likely N-dealkylation sites (N-methyl/N-ethyl adjacent to an activating group) is 1. The van der Waals surface area contributed by atoms with Crippen LogP contribution in [0.5, 0.6) is 11.5 Å². The second-order valence-corrected chi connectivity index (χ2v) is 7.91. The number of nitrogens with zero attached hydrogens (tertiary/aromatic N) is 2. The molecule has 2 aromatic carbocycles. The summed E-state index contributed by atoms with van der Waals surface area (Å²) in [5.74, 6) is 1.20. The molecule has 31 heavy (non-hydrogen) atoms. The van der Waals surface area contributed by atoms with Crippen LogP contribution in [0.25, 0.3) is 11.1 Å². The average Bonchev–Trinajstić information content (AvgIpc) is 2.80. The average molecular weight is 418 g/mol. The van der Waals surface area contributed by atoms with Gasteiger partial charge >= 0.3 is 0 Å². The molecule has 1 aliphatic heterocycles. The molecule has 0 fully saturated rings. The molecule has 1 amide bonds. The first-order chi connectivity index (χ1) is 15.1. The van der Waals surface area contributed by atoms with Crippen molar-refractivity contribution in [2.24, 2.45) is 5.92 Å². The van der Waals surface area contributed by atoms with Gasteiger partial charge in [0.2, 0.25) is 5.91 Å². The number of hydrogen-bond acceptors (Lipinski definition) is 5. The highest BCUT2D eigenvalue weighted by Crippen LogP contribution is 2.32. The van der Waals surface area contributed by atoms with E-state index in [9.17, 15) is 4.79 Å². The Bertz CT molecular complexity index is 1040. The van der Waals surface area contributed by atoms with Crippen LogP contribution < -0.4 is 14.8 Å². The van der Waals surface area contributed by atoms with Crippen molar-refractivity contribution < 1.29 is 14.3 Å². The van der Waals surface area contributed by atoms with Gasteiger partial charge in [-0.15, -0.1) is 0 Å². The number of benzene rings is 2. The number of anilines is 1. The molecule has 1 atom stereocenters. The number of ether oxygens (including phenoxy) is 2. The van der Waals surface area contributed by atoms with E-state index in [0.29, 0.717) is 31.1 Å².